The van der Waals surface area contributed by atoms with Crippen LogP contribution in [-0.4, -0.2) is 26.8 Å². The summed E-state index contributed by atoms with van der Waals surface area (Å²) in [6.07, 6.45) is 7.22. The Morgan fingerprint density at radius 3 is 2.42 bits per heavy atom. The highest BCUT2D eigenvalue weighted by Gasteiger charge is 2.47. The molecule has 0 radical (unpaired) electrons. The normalized spacial score (nSPS) is 27.5. The zero-order chi connectivity index (χ0) is 22.6. The van der Waals surface area contributed by atoms with Crippen molar-refractivity contribution in [1.29, 1.82) is 0 Å². The Labute approximate surface area is 198 Å². The average Bonchev–Trinajstić information content (AvgIpc) is 3.35. The van der Waals surface area contributed by atoms with Gasteiger partial charge >= 0.3 is 0 Å². The second-order valence-electron chi connectivity index (χ2n) is 9.19. The molecule has 3 heterocycles. The molecule has 31 heavy (non-hydrogen) atoms. The minimum atomic E-state index is -0.984. The minimum absolute atomic E-state index is 0.0132. The van der Waals surface area contributed by atoms with E-state index in [0.717, 1.165) is 30.4 Å². The number of rotatable bonds is 4. The molecule has 2 atom stereocenters. The van der Waals surface area contributed by atoms with Crippen LogP contribution in [0, 0.1) is 0 Å². The van der Waals surface area contributed by atoms with E-state index in [4.69, 9.17) is 16.3 Å². The number of ketones is 1. The molecule has 2 unspecified atom stereocenters. The summed E-state index contributed by atoms with van der Waals surface area (Å²) in [4.78, 5) is 15.8. The van der Waals surface area contributed by atoms with Gasteiger partial charge in [0.2, 0.25) is 0 Å². The van der Waals surface area contributed by atoms with E-state index < -0.39 is 11.2 Å². The molecule has 0 amide bonds. The van der Waals surface area contributed by atoms with Crippen molar-refractivity contribution in [1.82, 2.24) is 0 Å². The first kappa shape index (κ1) is 23.0. The number of halogens is 1. The number of carbonyl (C=O) groups is 1. The maximum atomic E-state index is 13.2. The fraction of sp³-hybridized carbons (Fsp3) is 0.480. The van der Waals surface area contributed by atoms with E-state index in [2.05, 4.69) is 31.2 Å². The lowest BCUT2D eigenvalue weighted by molar-refractivity contribution is -0.158. The third kappa shape index (κ3) is 4.27. The Kier molecular flexibility index (Phi) is 6.19. The molecule has 6 heteroatoms. The van der Waals surface area contributed by atoms with Crippen molar-refractivity contribution >= 4 is 46.5 Å². The molecule has 0 aliphatic carbocycles. The second kappa shape index (κ2) is 8.33. The molecule has 1 aromatic carbocycles. The van der Waals surface area contributed by atoms with Gasteiger partial charge in [-0.1, -0.05) is 37.3 Å². The van der Waals surface area contributed by atoms with Gasteiger partial charge in [0.1, 0.15) is 17.0 Å². The zero-order valence-electron chi connectivity index (χ0n) is 18.6. The van der Waals surface area contributed by atoms with Crippen molar-refractivity contribution in [2.75, 3.05) is 0 Å². The summed E-state index contributed by atoms with van der Waals surface area (Å²) in [5.41, 5.74) is 1.63. The summed E-state index contributed by atoms with van der Waals surface area (Å²) in [5, 5.41) is 11.3. The fourth-order valence-electron chi connectivity index (χ4n) is 4.46. The quantitative estimate of drug-likeness (QED) is 0.461. The van der Waals surface area contributed by atoms with E-state index in [1.807, 2.05) is 17.8 Å². The first-order chi connectivity index (χ1) is 14.5. The highest BCUT2D eigenvalue weighted by Crippen LogP contribution is 2.52. The van der Waals surface area contributed by atoms with Gasteiger partial charge in [0.15, 0.2) is 5.78 Å². The van der Waals surface area contributed by atoms with Crippen molar-refractivity contribution in [2.24, 2.45) is 0 Å². The molecular weight excluding hydrogens is 448 g/mol. The SMILES string of the molecule is CCc1cc(C2CC=C(C3=CCC(Cl)S3)S2)ccc1C1=C(O)C(C)(C)OC(C)(C)C1=O. The summed E-state index contributed by atoms with van der Waals surface area (Å²) in [5.74, 6) is -0.161. The van der Waals surface area contributed by atoms with Gasteiger partial charge in [-0.15, -0.1) is 35.1 Å². The smallest absolute Gasteiger partial charge is 0.198 e. The number of carbonyl (C=O) groups excluding carboxylic acids is 1. The van der Waals surface area contributed by atoms with Gasteiger partial charge in [0, 0.05) is 15.1 Å². The van der Waals surface area contributed by atoms with E-state index in [9.17, 15) is 9.90 Å². The summed E-state index contributed by atoms with van der Waals surface area (Å²) in [6, 6.07) is 6.31. The second-order valence-corrected chi connectivity index (χ2v) is 12.5. The number of aliphatic hydroxyl groups excluding tert-OH is 1. The highest BCUT2D eigenvalue weighted by molar-refractivity contribution is 8.09. The summed E-state index contributed by atoms with van der Waals surface area (Å²) in [7, 11) is 0. The van der Waals surface area contributed by atoms with Gasteiger partial charge in [0.25, 0.3) is 0 Å². The zero-order valence-corrected chi connectivity index (χ0v) is 21.0. The van der Waals surface area contributed by atoms with Crippen LogP contribution >= 0.6 is 35.1 Å². The maximum absolute atomic E-state index is 13.2. The molecule has 3 nitrogen and oxygen atoms in total. The van der Waals surface area contributed by atoms with Crippen LogP contribution in [0.2, 0.25) is 0 Å². The third-order valence-electron chi connectivity index (χ3n) is 6.02. The molecule has 3 aliphatic rings. The molecule has 0 saturated heterocycles. The lowest BCUT2D eigenvalue weighted by Gasteiger charge is -2.40. The van der Waals surface area contributed by atoms with Gasteiger partial charge in [-0.3, -0.25) is 4.79 Å². The summed E-state index contributed by atoms with van der Waals surface area (Å²) >= 11 is 9.88. The maximum Gasteiger partial charge on any atom is 0.198 e. The molecule has 0 aromatic heterocycles. The molecule has 0 fully saturated rings. The summed E-state index contributed by atoms with van der Waals surface area (Å²) in [6.45, 7) is 9.24. The van der Waals surface area contributed by atoms with Crippen LogP contribution in [0.5, 0.6) is 0 Å². The van der Waals surface area contributed by atoms with E-state index in [-0.39, 0.29) is 16.3 Å². The monoisotopic (exact) mass is 476 g/mol. The van der Waals surface area contributed by atoms with E-state index in [1.54, 1.807) is 39.5 Å². The standard InChI is InChI=1S/C25H29ClO3S2/c1-6-14-13-15(17-9-10-18(30-17)19-11-12-20(26)31-19)7-8-16(14)21-22(27)24(2,3)29-25(4,5)23(21)28/h7-8,10-11,13,17,20,27H,6,9,12H2,1-5H3. The lowest BCUT2D eigenvalue weighted by atomic mass is 9.81. The topological polar surface area (TPSA) is 46.5 Å². The van der Waals surface area contributed by atoms with Crippen molar-refractivity contribution < 1.29 is 14.6 Å². The van der Waals surface area contributed by atoms with E-state index >= 15 is 0 Å². The van der Waals surface area contributed by atoms with Crippen molar-refractivity contribution in [3.05, 3.63) is 62.6 Å². The predicted octanol–water partition coefficient (Wildman–Crippen LogP) is 7.32. The van der Waals surface area contributed by atoms with Crippen LogP contribution in [0.15, 0.2) is 45.9 Å². The van der Waals surface area contributed by atoms with Crippen LogP contribution in [0.25, 0.3) is 5.57 Å². The number of aliphatic hydroxyl groups is 1. The van der Waals surface area contributed by atoms with Crippen LogP contribution in [-0.2, 0) is 16.0 Å². The Morgan fingerprint density at radius 2 is 1.77 bits per heavy atom. The number of alkyl halides is 1. The molecule has 1 N–H and O–H groups in total. The Balaban J connectivity index is 1.65. The summed E-state index contributed by atoms with van der Waals surface area (Å²) < 4.78 is 6.05. The Hall–Kier alpha value is -1.14. The van der Waals surface area contributed by atoms with Gasteiger partial charge in [-0.2, -0.15) is 0 Å². The molecule has 1 aromatic rings. The van der Waals surface area contributed by atoms with Gasteiger partial charge in [-0.25, -0.2) is 0 Å². The number of aryl methyl sites for hydroxylation is 1. The number of hydrogen-bond acceptors (Lipinski definition) is 5. The van der Waals surface area contributed by atoms with E-state index in [1.165, 1.54) is 15.4 Å². The van der Waals surface area contributed by atoms with E-state index in [0.29, 0.717) is 10.8 Å². The number of Topliss-reactive ketones (excluding diaryl/α,β-unsaturated/α-hetero) is 1. The molecule has 3 aliphatic heterocycles. The molecule has 0 saturated carbocycles. The predicted molar refractivity (Wildman–Crippen MR) is 133 cm³/mol. The van der Waals surface area contributed by atoms with Crippen LogP contribution in [0.4, 0.5) is 0 Å². The minimum Gasteiger partial charge on any atom is -0.508 e. The first-order valence-corrected chi connectivity index (χ1v) is 12.9. The molecule has 166 valence electrons. The Morgan fingerprint density at radius 1 is 1.10 bits per heavy atom. The molecule has 0 bridgehead atoms. The first-order valence-electron chi connectivity index (χ1n) is 10.7. The van der Waals surface area contributed by atoms with Crippen LogP contribution in [0.3, 0.4) is 0 Å². The largest absolute Gasteiger partial charge is 0.508 e. The van der Waals surface area contributed by atoms with Crippen LogP contribution < -0.4 is 0 Å². The number of benzene rings is 1. The van der Waals surface area contributed by atoms with Gasteiger partial charge in [-0.05, 0) is 63.6 Å². The number of hydrogen-bond donors (Lipinski definition) is 1. The Bertz CT molecular complexity index is 1020. The van der Waals surface area contributed by atoms with Gasteiger partial charge in [0.05, 0.1) is 10.3 Å². The van der Waals surface area contributed by atoms with Crippen molar-refractivity contribution in [3.8, 4) is 0 Å². The fourth-order valence-corrected chi connectivity index (χ4v) is 7.16. The number of thioether (sulfide) groups is 2. The molecule has 0 spiro atoms. The van der Waals surface area contributed by atoms with Crippen LogP contribution in [0.1, 0.15) is 69.4 Å². The molecule has 4 rings (SSSR count). The van der Waals surface area contributed by atoms with Crippen molar-refractivity contribution in [3.63, 3.8) is 0 Å². The molecular formula is C25H29ClO3S2. The van der Waals surface area contributed by atoms with Crippen molar-refractivity contribution in [2.45, 2.75) is 75.0 Å². The number of ether oxygens (including phenoxy) is 1. The number of allylic oxidation sites excluding steroid dienone is 2. The third-order valence-corrected chi connectivity index (χ3v) is 9.07. The lowest BCUT2D eigenvalue weighted by Crippen LogP contribution is -2.49. The highest BCUT2D eigenvalue weighted by atomic mass is 35.5. The van der Waals surface area contributed by atoms with Gasteiger partial charge < -0.3 is 9.84 Å². The average molecular weight is 477 g/mol.